The van der Waals surface area contributed by atoms with E-state index in [9.17, 15) is 4.79 Å². The zero-order valence-corrected chi connectivity index (χ0v) is 9.89. The number of carbonyl (C=O) groups is 1. The molecule has 0 aromatic rings. The summed E-state index contributed by atoms with van der Waals surface area (Å²) in [4.78, 5) is 12.7. The Morgan fingerprint density at radius 1 is 1.33 bits per heavy atom. The van der Waals surface area contributed by atoms with Gasteiger partial charge in [-0.1, -0.05) is 0 Å². The van der Waals surface area contributed by atoms with Crippen LogP contribution in [0, 0.1) is 0 Å². The van der Waals surface area contributed by atoms with Gasteiger partial charge in [0.1, 0.15) is 0 Å². The molecule has 0 atom stereocenters. The van der Waals surface area contributed by atoms with Crippen LogP contribution in [0.3, 0.4) is 0 Å². The largest absolute Gasteiger partial charge is 0.481 e. The fourth-order valence-corrected chi connectivity index (χ4v) is 2.53. The van der Waals surface area contributed by atoms with Gasteiger partial charge in [-0.2, -0.15) is 11.8 Å². The van der Waals surface area contributed by atoms with E-state index in [1.165, 1.54) is 24.6 Å². The van der Waals surface area contributed by atoms with Gasteiger partial charge in [-0.05, 0) is 13.0 Å². The van der Waals surface area contributed by atoms with Crippen LogP contribution >= 0.6 is 11.8 Å². The molecule has 1 aliphatic heterocycles. The fraction of sp³-hybridized carbons (Fsp3) is 0.900. The fourth-order valence-electron chi connectivity index (χ4n) is 1.55. The quantitative estimate of drug-likeness (QED) is 0.626. The van der Waals surface area contributed by atoms with E-state index in [2.05, 4.69) is 10.2 Å². The second-order valence-corrected chi connectivity index (χ2v) is 4.93. The molecule has 0 aromatic heterocycles. The average Bonchev–Trinajstić information content (AvgIpc) is 2.24. The molecule has 1 aliphatic rings. The molecule has 1 heterocycles. The highest BCUT2D eigenvalue weighted by Gasteiger charge is 2.08. The summed E-state index contributed by atoms with van der Waals surface area (Å²) in [7, 11) is 0. The molecule has 1 fully saturated rings. The summed E-state index contributed by atoms with van der Waals surface area (Å²) >= 11 is 2.02. The van der Waals surface area contributed by atoms with Gasteiger partial charge in [0.25, 0.3) is 0 Å². The lowest BCUT2D eigenvalue weighted by molar-refractivity contribution is -0.137. The molecule has 0 radical (unpaired) electrons. The first-order valence-electron chi connectivity index (χ1n) is 5.51. The third-order valence-corrected chi connectivity index (χ3v) is 3.40. The molecular formula is C10H20N2O2S. The molecule has 0 aromatic carbocycles. The van der Waals surface area contributed by atoms with Crippen molar-refractivity contribution in [2.75, 3.05) is 44.2 Å². The van der Waals surface area contributed by atoms with Crippen LogP contribution in [0.5, 0.6) is 0 Å². The molecular weight excluding hydrogens is 212 g/mol. The maximum Gasteiger partial charge on any atom is 0.303 e. The number of nitrogens with zero attached hydrogens (tertiary/aromatic N) is 1. The molecule has 1 saturated heterocycles. The lowest BCUT2D eigenvalue weighted by atomic mass is 10.3. The first-order chi connectivity index (χ1) is 7.29. The van der Waals surface area contributed by atoms with Crippen molar-refractivity contribution in [3.63, 3.8) is 0 Å². The van der Waals surface area contributed by atoms with E-state index in [0.717, 1.165) is 26.1 Å². The SMILES string of the molecule is O=C(O)CCCNCCN1CCSCC1. The number of carboxylic acid groups (broad SMARTS) is 1. The number of hydrogen-bond donors (Lipinski definition) is 2. The van der Waals surface area contributed by atoms with Gasteiger partial charge < -0.3 is 15.3 Å². The van der Waals surface area contributed by atoms with E-state index in [4.69, 9.17) is 5.11 Å². The van der Waals surface area contributed by atoms with Crippen LogP contribution in [-0.4, -0.2) is 60.2 Å². The van der Waals surface area contributed by atoms with E-state index in [1.54, 1.807) is 0 Å². The first kappa shape index (κ1) is 12.8. The molecule has 0 saturated carbocycles. The van der Waals surface area contributed by atoms with Gasteiger partial charge in [-0.15, -0.1) is 0 Å². The van der Waals surface area contributed by atoms with Gasteiger partial charge in [-0.25, -0.2) is 0 Å². The number of thioether (sulfide) groups is 1. The third-order valence-electron chi connectivity index (χ3n) is 2.45. The number of rotatable bonds is 7. The van der Waals surface area contributed by atoms with Gasteiger partial charge >= 0.3 is 5.97 Å². The van der Waals surface area contributed by atoms with Gasteiger partial charge in [-0.3, -0.25) is 4.79 Å². The normalized spacial score (nSPS) is 17.9. The minimum atomic E-state index is -0.704. The Morgan fingerprint density at radius 3 is 2.73 bits per heavy atom. The third kappa shape index (κ3) is 6.76. The highest BCUT2D eigenvalue weighted by atomic mass is 32.2. The van der Waals surface area contributed by atoms with Crippen LogP contribution in [0.2, 0.25) is 0 Å². The van der Waals surface area contributed by atoms with Crippen molar-refractivity contribution < 1.29 is 9.90 Å². The Morgan fingerprint density at radius 2 is 2.07 bits per heavy atom. The lowest BCUT2D eigenvalue weighted by Crippen LogP contribution is -2.38. The van der Waals surface area contributed by atoms with E-state index in [1.807, 2.05) is 11.8 Å². The molecule has 0 amide bonds. The summed E-state index contributed by atoms with van der Waals surface area (Å²) in [6, 6.07) is 0. The molecule has 0 spiro atoms. The monoisotopic (exact) mass is 232 g/mol. The van der Waals surface area contributed by atoms with E-state index >= 15 is 0 Å². The molecule has 0 bridgehead atoms. The second-order valence-electron chi connectivity index (χ2n) is 3.70. The Kier molecular flexibility index (Phi) is 6.80. The topological polar surface area (TPSA) is 52.6 Å². The maximum atomic E-state index is 10.2. The summed E-state index contributed by atoms with van der Waals surface area (Å²) in [5, 5.41) is 11.7. The molecule has 4 nitrogen and oxygen atoms in total. The molecule has 2 N–H and O–H groups in total. The zero-order chi connectivity index (χ0) is 10.9. The van der Waals surface area contributed by atoms with E-state index < -0.39 is 5.97 Å². The van der Waals surface area contributed by atoms with Crippen LogP contribution in [0.4, 0.5) is 0 Å². The van der Waals surface area contributed by atoms with E-state index in [-0.39, 0.29) is 6.42 Å². The van der Waals surface area contributed by atoms with Gasteiger partial charge in [0.2, 0.25) is 0 Å². The number of nitrogens with one attached hydrogen (secondary N) is 1. The Bertz CT molecular complexity index is 184. The molecule has 88 valence electrons. The summed E-state index contributed by atoms with van der Waals surface area (Å²) in [6.07, 6.45) is 0.999. The second kappa shape index (κ2) is 7.96. The van der Waals surface area contributed by atoms with Crippen LogP contribution in [0.25, 0.3) is 0 Å². The Balaban J connectivity index is 1.85. The van der Waals surface area contributed by atoms with Crippen molar-refractivity contribution >= 4 is 17.7 Å². The number of aliphatic carboxylic acids is 1. The smallest absolute Gasteiger partial charge is 0.303 e. The Labute approximate surface area is 95.4 Å². The standard InChI is InChI=1S/C10H20N2O2S/c13-10(14)2-1-3-11-4-5-12-6-8-15-9-7-12/h11H,1-9H2,(H,13,14). The molecule has 1 rings (SSSR count). The summed E-state index contributed by atoms with van der Waals surface area (Å²) in [5.41, 5.74) is 0. The average molecular weight is 232 g/mol. The molecule has 15 heavy (non-hydrogen) atoms. The molecule has 5 heteroatoms. The van der Waals surface area contributed by atoms with Gasteiger partial charge in [0, 0.05) is 44.1 Å². The van der Waals surface area contributed by atoms with Crippen LogP contribution in [-0.2, 0) is 4.79 Å². The van der Waals surface area contributed by atoms with Gasteiger partial charge in [0.05, 0.1) is 0 Å². The predicted molar refractivity (Wildman–Crippen MR) is 63.5 cm³/mol. The zero-order valence-electron chi connectivity index (χ0n) is 9.07. The highest BCUT2D eigenvalue weighted by molar-refractivity contribution is 7.99. The Hall–Kier alpha value is -0.260. The van der Waals surface area contributed by atoms with Crippen LogP contribution in [0.15, 0.2) is 0 Å². The molecule has 0 unspecified atom stereocenters. The summed E-state index contributed by atoms with van der Waals surface area (Å²) in [5.74, 6) is 1.79. The van der Waals surface area contributed by atoms with Crippen molar-refractivity contribution in [3.8, 4) is 0 Å². The van der Waals surface area contributed by atoms with Crippen molar-refractivity contribution in [2.45, 2.75) is 12.8 Å². The summed E-state index contributed by atoms with van der Waals surface area (Å²) < 4.78 is 0. The first-order valence-corrected chi connectivity index (χ1v) is 6.67. The van der Waals surface area contributed by atoms with E-state index in [0.29, 0.717) is 0 Å². The minimum Gasteiger partial charge on any atom is -0.481 e. The molecule has 0 aliphatic carbocycles. The van der Waals surface area contributed by atoms with Crippen LogP contribution < -0.4 is 5.32 Å². The highest BCUT2D eigenvalue weighted by Crippen LogP contribution is 2.07. The van der Waals surface area contributed by atoms with Crippen molar-refractivity contribution in [1.29, 1.82) is 0 Å². The number of carboxylic acids is 1. The summed E-state index contributed by atoms with van der Waals surface area (Å²) in [6.45, 7) is 5.27. The van der Waals surface area contributed by atoms with Crippen molar-refractivity contribution in [1.82, 2.24) is 10.2 Å². The minimum absolute atomic E-state index is 0.271. The number of hydrogen-bond acceptors (Lipinski definition) is 4. The lowest BCUT2D eigenvalue weighted by Gasteiger charge is -2.26. The van der Waals surface area contributed by atoms with Gasteiger partial charge in [0.15, 0.2) is 0 Å². The van der Waals surface area contributed by atoms with Crippen molar-refractivity contribution in [3.05, 3.63) is 0 Å². The predicted octanol–water partition coefficient (Wildman–Crippen LogP) is 0.490. The maximum absolute atomic E-state index is 10.2. The van der Waals surface area contributed by atoms with Crippen LogP contribution in [0.1, 0.15) is 12.8 Å². The van der Waals surface area contributed by atoms with Crippen molar-refractivity contribution in [2.24, 2.45) is 0 Å².